The van der Waals surface area contributed by atoms with Gasteiger partial charge in [0.2, 0.25) is 5.28 Å². The molecule has 0 aliphatic carbocycles. The van der Waals surface area contributed by atoms with Gasteiger partial charge < -0.3 is 0 Å². The molecular formula is C10H5BrClN3OS. The molecule has 0 aliphatic rings. The number of nitrogens with one attached hydrogen (secondary N) is 1. The van der Waals surface area contributed by atoms with Crippen LogP contribution in [0.2, 0.25) is 5.28 Å². The summed E-state index contributed by atoms with van der Waals surface area (Å²) in [5, 5.41) is 10.8. The highest BCUT2D eigenvalue weighted by Crippen LogP contribution is 2.22. The second-order valence-corrected chi connectivity index (χ2v) is 5.32. The summed E-state index contributed by atoms with van der Waals surface area (Å²) in [6, 6.07) is 3.83. The number of aromatic amines is 1. The highest BCUT2D eigenvalue weighted by Gasteiger charge is 2.12. The van der Waals surface area contributed by atoms with Gasteiger partial charge in [-0.15, -0.1) is 11.3 Å². The Morgan fingerprint density at radius 2 is 2.41 bits per heavy atom. The van der Waals surface area contributed by atoms with Gasteiger partial charge in [0.05, 0.1) is 11.3 Å². The first-order valence-corrected chi connectivity index (χ1v) is 6.57. The Bertz CT molecular complexity index is 658. The van der Waals surface area contributed by atoms with E-state index in [9.17, 15) is 4.79 Å². The fourth-order valence-corrected chi connectivity index (χ4v) is 2.67. The van der Waals surface area contributed by atoms with Crippen LogP contribution in [0.3, 0.4) is 0 Å². The van der Waals surface area contributed by atoms with Crippen molar-refractivity contribution in [2.75, 3.05) is 0 Å². The van der Waals surface area contributed by atoms with E-state index in [-0.39, 0.29) is 10.8 Å². The van der Waals surface area contributed by atoms with Crippen molar-refractivity contribution in [1.29, 1.82) is 5.26 Å². The number of hydrogen-bond donors (Lipinski definition) is 1. The van der Waals surface area contributed by atoms with Gasteiger partial charge in [-0.05, 0) is 39.0 Å². The molecule has 0 saturated heterocycles. The van der Waals surface area contributed by atoms with Gasteiger partial charge in [-0.25, -0.2) is 4.98 Å². The van der Waals surface area contributed by atoms with E-state index >= 15 is 0 Å². The van der Waals surface area contributed by atoms with Gasteiger partial charge in [0.25, 0.3) is 5.56 Å². The molecular weight excluding hydrogens is 326 g/mol. The van der Waals surface area contributed by atoms with Gasteiger partial charge in [0.15, 0.2) is 0 Å². The van der Waals surface area contributed by atoms with Crippen molar-refractivity contribution in [3.05, 3.63) is 47.7 Å². The fourth-order valence-electron chi connectivity index (χ4n) is 1.32. The minimum Gasteiger partial charge on any atom is -0.296 e. The van der Waals surface area contributed by atoms with Crippen molar-refractivity contribution in [2.24, 2.45) is 0 Å². The van der Waals surface area contributed by atoms with Gasteiger partial charge in [-0.1, -0.05) is 0 Å². The molecule has 0 radical (unpaired) electrons. The van der Waals surface area contributed by atoms with Gasteiger partial charge in [0.1, 0.15) is 10.5 Å². The maximum Gasteiger partial charge on any atom is 0.266 e. The molecule has 4 nitrogen and oxygen atoms in total. The van der Waals surface area contributed by atoms with E-state index in [1.165, 1.54) is 11.3 Å². The molecule has 86 valence electrons. The Morgan fingerprint density at radius 3 is 3.12 bits per heavy atom. The number of nitriles is 1. The lowest BCUT2D eigenvalue weighted by molar-refractivity contribution is 0.995. The van der Waals surface area contributed by atoms with Crippen molar-refractivity contribution in [1.82, 2.24) is 9.97 Å². The number of halogens is 2. The lowest BCUT2D eigenvalue weighted by Crippen LogP contribution is -2.12. The molecule has 2 rings (SSSR count). The van der Waals surface area contributed by atoms with Crippen LogP contribution in [0.4, 0.5) is 0 Å². The smallest absolute Gasteiger partial charge is 0.266 e. The number of hydrogen-bond acceptors (Lipinski definition) is 4. The SMILES string of the molecule is N#Cc1ccsc1Cc1nc(Cl)[nH]c(=O)c1Br. The van der Waals surface area contributed by atoms with Crippen LogP contribution < -0.4 is 5.56 Å². The van der Waals surface area contributed by atoms with E-state index in [1.807, 2.05) is 5.38 Å². The molecule has 2 heterocycles. The molecule has 0 aromatic carbocycles. The van der Waals surface area contributed by atoms with E-state index in [1.54, 1.807) is 6.07 Å². The molecule has 0 amide bonds. The van der Waals surface area contributed by atoms with Gasteiger partial charge >= 0.3 is 0 Å². The zero-order valence-corrected chi connectivity index (χ0v) is 11.5. The predicted molar refractivity (Wildman–Crippen MR) is 69.4 cm³/mol. The van der Waals surface area contributed by atoms with Gasteiger partial charge in [-0.3, -0.25) is 9.78 Å². The quantitative estimate of drug-likeness (QED) is 0.861. The molecule has 2 aromatic heterocycles. The molecule has 0 atom stereocenters. The van der Waals surface area contributed by atoms with E-state index in [0.717, 1.165) is 4.88 Å². The van der Waals surface area contributed by atoms with Gasteiger partial charge in [-0.2, -0.15) is 5.26 Å². The van der Waals surface area contributed by atoms with Crippen LogP contribution in [-0.4, -0.2) is 9.97 Å². The van der Waals surface area contributed by atoms with Crippen molar-refractivity contribution >= 4 is 38.9 Å². The molecule has 0 aliphatic heterocycles. The second kappa shape index (κ2) is 5.00. The minimum absolute atomic E-state index is 0.0447. The third kappa shape index (κ3) is 2.57. The monoisotopic (exact) mass is 329 g/mol. The molecule has 0 bridgehead atoms. The lowest BCUT2D eigenvalue weighted by atomic mass is 10.2. The number of nitrogens with zero attached hydrogens (tertiary/aromatic N) is 2. The lowest BCUT2D eigenvalue weighted by Gasteiger charge is -2.02. The van der Waals surface area contributed by atoms with E-state index in [0.29, 0.717) is 22.2 Å². The van der Waals surface area contributed by atoms with Crippen LogP contribution in [-0.2, 0) is 6.42 Å². The van der Waals surface area contributed by atoms with Crippen molar-refractivity contribution < 1.29 is 0 Å². The van der Waals surface area contributed by atoms with Crippen LogP contribution >= 0.6 is 38.9 Å². The van der Waals surface area contributed by atoms with E-state index < -0.39 is 0 Å². The molecule has 0 spiro atoms. The van der Waals surface area contributed by atoms with Crippen molar-refractivity contribution in [3.63, 3.8) is 0 Å². The second-order valence-electron chi connectivity index (χ2n) is 3.16. The van der Waals surface area contributed by atoms with E-state index in [4.69, 9.17) is 16.9 Å². The molecule has 0 fully saturated rings. The fraction of sp³-hybridized carbons (Fsp3) is 0.100. The maximum atomic E-state index is 11.5. The summed E-state index contributed by atoms with van der Waals surface area (Å²) < 4.78 is 0.346. The predicted octanol–water partition coefficient (Wildman–Crippen LogP) is 2.71. The zero-order chi connectivity index (χ0) is 12.4. The summed E-state index contributed by atoms with van der Waals surface area (Å²) in [5.74, 6) is 0. The van der Waals surface area contributed by atoms with Crippen LogP contribution in [0.15, 0.2) is 20.7 Å². The molecule has 0 saturated carbocycles. The molecule has 1 N–H and O–H groups in total. The van der Waals surface area contributed by atoms with Crippen LogP contribution in [0.5, 0.6) is 0 Å². The van der Waals surface area contributed by atoms with Crippen molar-refractivity contribution in [2.45, 2.75) is 6.42 Å². The zero-order valence-electron chi connectivity index (χ0n) is 8.33. The molecule has 7 heteroatoms. The number of aromatic nitrogens is 2. The minimum atomic E-state index is -0.324. The van der Waals surface area contributed by atoms with Crippen LogP contribution in [0.1, 0.15) is 16.1 Å². The molecule has 2 aromatic rings. The van der Waals surface area contributed by atoms with E-state index in [2.05, 4.69) is 32.0 Å². The molecule has 0 unspecified atom stereocenters. The summed E-state index contributed by atoms with van der Waals surface area (Å²) in [6.45, 7) is 0. The van der Waals surface area contributed by atoms with Crippen molar-refractivity contribution in [3.8, 4) is 6.07 Å². The Kier molecular flexibility index (Phi) is 3.62. The average molecular weight is 331 g/mol. The Hall–Kier alpha value is -1.16. The largest absolute Gasteiger partial charge is 0.296 e. The maximum absolute atomic E-state index is 11.5. The number of thiophene rings is 1. The highest BCUT2D eigenvalue weighted by molar-refractivity contribution is 9.10. The number of H-pyrrole nitrogens is 1. The third-order valence-corrected chi connectivity index (χ3v) is 4.01. The summed E-state index contributed by atoms with van der Waals surface area (Å²) in [6.07, 6.45) is 0.408. The standard InChI is InChI=1S/C10H5BrClN3OS/c11-8-6(14-10(12)15-9(8)16)3-7-5(4-13)1-2-17-7/h1-2H,3H2,(H,14,15,16). The van der Waals surface area contributed by atoms with Crippen LogP contribution in [0.25, 0.3) is 0 Å². The van der Waals surface area contributed by atoms with Gasteiger partial charge in [0, 0.05) is 11.3 Å². The molecule has 17 heavy (non-hydrogen) atoms. The Balaban J connectivity index is 2.44. The topological polar surface area (TPSA) is 69.5 Å². The number of rotatable bonds is 2. The first kappa shape index (κ1) is 12.3. The highest BCUT2D eigenvalue weighted by atomic mass is 79.9. The first-order valence-electron chi connectivity index (χ1n) is 4.52. The third-order valence-electron chi connectivity index (χ3n) is 2.10. The first-order chi connectivity index (χ1) is 8.11. The summed E-state index contributed by atoms with van der Waals surface area (Å²) in [7, 11) is 0. The van der Waals surface area contributed by atoms with Crippen LogP contribution in [0, 0.1) is 11.3 Å². The Labute approximate surface area is 114 Å². The average Bonchev–Trinajstić information content (AvgIpc) is 2.72. The summed E-state index contributed by atoms with van der Waals surface area (Å²) in [4.78, 5) is 18.7. The Morgan fingerprint density at radius 1 is 1.65 bits per heavy atom. The summed E-state index contributed by atoms with van der Waals surface area (Å²) in [5.41, 5.74) is 0.799. The normalized spacial score (nSPS) is 10.2. The summed E-state index contributed by atoms with van der Waals surface area (Å²) >= 11 is 10.3.